The Balaban J connectivity index is 1.91. The van der Waals surface area contributed by atoms with Crippen LogP contribution in [0.4, 0.5) is 0 Å². The Labute approximate surface area is 144 Å². The smallest absolute Gasteiger partial charge is 0.308 e. The minimum Gasteiger partial charge on any atom is -0.481 e. The number of nitrogens with one attached hydrogen (secondary N) is 1. The number of carboxylic acid groups (broad SMARTS) is 1. The van der Waals surface area contributed by atoms with Crippen molar-refractivity contribution in [1.82, 2.24) is 14.9 Å². The Hall–Kier alpha value is -2.70. The number of aryl methyl sites for hydroxylation is 1. The number of aliphatic carboxylic acids is 1. The van der Waals surface area contributed by atoms with Crippen LogP contribution in [0.5, 0.6) is 0 Å². The topological polar surface area (TPSA) is 101 Å². The predicted molar refractivity (Wildman–Crippen MR) is 92.7 cm³/mol. The molecule has 2 aromatic rings. The maximum Gasteiger partial charge on any atom is 0.308 e. The summed E-state index contributed by atoms with van der Waals surface area (Å²) in [4.78, 5) is 40.3. The summed E-state index contributed by atoms with van der Waals surface area (Å²) in [5.41, 5.74) is 0.820. The zero-order valence-corrected chi connectivity index (χ0v) is 14.1. The first-order chi connectivity index (χ1) is 12.0. The van der Waals surface area contributed by atoms with Crippen LogP contribution in [-0.2, 0) is 17.8 Å². The summed E-state index contributed by atoms with van der Waals surface area (Å²) in [6, 6.07) is 4.80. The van der Waals surface area contributed by atoms with Gasteiger partial charge in [0.2, 0.25) is 0 Å². The van der Waals surface area contributed by atoms with Gasteiger partial charge in [0, 0.05) is 25.1 Å². The van der Waals surface area contributed by atoms with Crippen molar-refractivity contribution in [3.8, 4) is 0 Å². The number of hydrogen-bond acceptors (Lipinski definition) is 4. The van der Waals surface area contributed by atoms with Gasteiger partial charge in [-0.2, -0.15) is 0 Å². The molecule has 0 spiro atoms. The van der Waals surface area contributed by atoms with Crippen molar-refractivity contribution >= 4 is 22.8 Å². The molecule has 7 nitrogen and oxygen atoms in total. The summed E-state index contributed by atoms with van der Waals surface area (Å²) in [6.45, 7) is 2.26. The van der Waals surface area contributed by atoms with E-state index in [0.29, 0.717) is 23.0 Å². The van der Waals surface area contributed by atoms with Gasteiger partial charge in [-0.1, -0.05) is 13.3 Å². The number of carbonyl (C=O) groups excluding carboxylic acids is 1. The largest absolute Gasteiger partial charge is 0.481 e. The van der Waals surface area contributed by atoms with Crippen LogP contribution in [0.2, 0.25) is 0 Å². The fourth-order valence-electron chi connectivity index (χ4n) is 2.99. The van der Waals surface area contributed by atoms with Crippen LogP contribution in [0.3, 0.4) is 0 Å². The summed E-state index contributed by atoms with van der Waals surface area (Å²) in [5.74, 6) is -1.22. The van der Waals surface area contributed by atoms with Crippen LogP contribution in [0, 0.1) is 5.92 Å². The second-order valence-electron chi connectivity index (χ2n) is 6.48. The molecule has 1 aliphatic heterocycles. The van der Waals surface area contributed by atoms with Crippen LogP contribution < -0.4 is 10.9 Å². The fourth-order valence-corrected chi connectivity index (χ4v) is 2.99. The highest BCUT2D eigenvalue weighted by Crippen LogP contribution is 2.16. The third kappa shape index (κ3) is 3.55. The van der Waals surface area contributed by atoms with E-state index in [4.69, 9.17) is 5.11 Å². The lowest BCUT2D eigenvalue weighted by molar-refractivity contribution is -0.140. The highest BCUT2D eigenvalue weighted by atomic mass is 16.4. The van der Waals surface area contributed by atoms with E-state index >= 15 is 0 Å². The van der Waals surface area contributed by atoms with Crippen LogP contribution in [-0.4, -0.2) is 33.1 Å². The molecule has 1 aromatic heterocycles. The van der Waals surface area contributed by atoms with Crippen molar-refractivity contribution in [2.75, 3.05) is 6.54 Å². The second-order valence-corrected chi connectivity index (χ2v) is 6.48. The molecule has 25 heavy (non-hydrogen) atoms. The first-order valence-corrected chi connectivity index (χ1v) is 8.52. The molecule has 132 valence electrons. The minimum absolute atomic E-state index is 0.0481. The number of carbonyl (C=O) groups is 2. The van der Waals surface area contributed by atoms with Crippen LogP contribution in [0.15, 0.2) is 23.0 Å². The Bertz CT molecular complexity index is 888. The third-order valence-electron chi connectivity index (χ3n) is 4.57. The molecule has 0 saturated heterocycles. The van der Waals surface area contributed by atoms with Gasteiger partial charge >= 0.3 is 5.97 Å². The van der Waals surface area contributed by atoms with E-state index in [2.05, 4.69) is 10.3 Å². The van der Waals surface area contributed by atoms with Crippen molar-refractivity contribution in [3.05, 3.63) is 39.9 Å². The molecule has 3 rings (SSSR count). The van der Waals surface area contributed by atoms with Gasteiger partial charge in [-0.15, -0.1) is 0 Å². The first kappa shape index (κ1) is 17.1. The van der Waals surface area contributed by atoms with E-state index in [1.807, 2.05) is 0 Å². The van der Waals surface area contributed by atoms with Gasteiger partial charge in [-0.05, 0) is 31.0 Å². The van der Waals surface area contributed by atoms with Crippen molar-refractivity contribution in [3.63, 3.8) is 0 Å². The van der Waals surface area contributed by atoms with Crippen molar-refractivity contribution < 1.29 is 14.7 Å². The molecular formula is C18H21N3O4. The summed E-state index contributed by atoms with van der Waals surface area (Å²) >= 11 is 0. The normalized spacial score (nSPS) is 15.2. The Morgan fingerprint density at radius 2 is 2.12 bits per heavy atom. The molecular weight excluding hydrogens is 322 g/mol. The fraction of sp³-hybridized carbons (Fsp3) is 0.444. The molecule has 0 fully saturated rings. The molecule has 0 bridgehead atoms. The number of carboxylic acids is 1. The van der Waals surface area contributed by atoms with Crippen LogP contribution in [0.1, 0.15) is 42.4 Å². The average molecular weight is 343 g/mol. The van der Waals surface area contributed by atoms with Crippen LogP contribution >= 0.6 is 0 Å². The van der Waals surface area contributed by atoms with E-state index < -0.39 is 11.9 Å². The number of benzene rings is 1. The number of hydrogen-bond donors (Lipinski definition) is 2. The van der Waals surface area contributed by atoms with Crippen molar-refractivity contribution in [2.45, 2.75) is 39.2 Å². The lowest BCUT2D eigenvalue weighted by atomic mass is 10.1. The monoisotopic (exact) mass is 343 g/mol. The highest BCUT2D eigenvalue weighted by Gasteiger charge is 2.16. The van der Waals surface area contributed by atoms with Gasteiger partial charge < -0.3 is 10.4 Å². The van der Waals surface area contributed by atoms with Gasteiger partial charge in [0.25, 0.3) is 11.5 Å². The second kappa shape index (κ2) is 7.04. The van der Waals surface area contributed by atoms with E-state index in [-0.39, 0.29) is 18.0 Å². The summed E-state index contributed by atoms with van der Waals surface area (Å²) < 4.78 is 1.74. The maximum atomic E-state index is 12.7. The van der Waals surface area contributed by atoms with Gasteiger partial charge in [-0.3, -0.25) is 19.0 Å². The summed E-state index contributed by atoms with van der Waals surface area (Å²) in [7, 11) is 0. The lowest BCUT2D eigenvalue weighted by Gasteiger charge is -2.11. The van der Waals surface area contributed by atoms with Gasteiger partial charge in [0.15, 0.2) is 0 Å². The van der Waals surface area contributed by atoms with Crippen molar-refractivity contribution in [1.29, 1.82) is 0 Å². The Morgan fingerprint density at radius 3 is 2.88 bits per heavy atom. The zero-order chi connectivity index (χ0) is 18.0. The molecule has 1 unspecified atom stereocenters. The standard InChI is InChI=1S/C18H21N3O4/c1-11(18(24)25)10-19-16(22)12-6-7-13-14(9-12)20-15-5-3-2-4-8-21(15)17(13)23/h6-7,9,11H,2-5,8,10H2,1H3,(H,19,22)(H,24,25). The maximum absolute atomic E-state index is 12.7. The lowest BCUT2D eigenvalue weighted by Crippen LogP contribution is -2.31. The number of nitrogens with zero attached hydrogens (tertiary/aromatic N) is 2. The van der Waals surface area contributed by atoms with Gasteiger partial charge in [-0.25, -0.2) is 4.98 Å². The number of fused-ring (bicyclic) bond motifs is 2. The molecule has 0 saturated carbocycles. The predicted octanol–water partition coefficient (Wildman–Crippen LogP) is 1.57. The zero-order valence-electron chi connectivity index (χ0n) is 14.1. The molecule has 1 atom stereocenters. The number of rotatable bonds is 4. The molecule has 1 aliphatic rings. The SMILES string of the molecule is CC(CNC(=O)c1ccc2c(=O)n3c(nc2c1)CCCCC3)C(=O)O. The average Bonchev–Trinajstić information content (AvgIpc) is 2.84. The van der Waals surface area contributed by atoms with Gasteiger partial charge in [0.05, 0.1) is 16.8 Å². The molecule has 7 heteroatoms. The third-order valence-corrected chi connectivity index (χ3v) is 4.57. The molecule has 0 radical (unpaired) electrons. The summed E-state index contributed by atoms with van der Waals surface area (Å²) in [6.07, 6.45) is 3.82. The first-order valence-electron chi connectivity index (χ1n) is 8.52. The quantitative estimate of drug-likeness (QED) is 0.877. The molecule has 2 N–H and O–H groups in total. The number of amides is 1. The highest BCUT2D eigenvalue weighted by molar-refractivity contribution is 5.97. The molecule has 0 aliphatic carbocycles. The Kier molecular flexibility index (Phi) is 4.83. The molecule has 1 amide bonds. The number of aromatic nitrogens is 2. The molecule has 1 aromatic carbocycles. The van der Waals surface area contributed by atoms with E-state index in [9.17, 15) is 14.4 Å². The van der Waals surface area contributed by atoms with E-state index in [0.717, 1.165) is 31.5 Å². The van der Waals surface area contributed by atoms with Crippen LogP contribution in [0.25, 0.3) is 10.9 Å². The minimum atomic E-state index is -0.962. The van der Waals surface area contributed by atoms with E-state index in [1.165, 1.54) is 6.92 Å². The van der Waals surface area contributed by atoms with Crippen molar-refractivity contribution in [2.24, 2.45) is 5.92 Å². The Morgan fingerprint density at radius 1 is 1.32 bits per heavy atom. The van der Waals surface area contributed by atoms with Gasteiger partial charge in [0.1, 0.15) is 5.82 Å². The molecule has 2 heterocycles. The summed E-state index contributed by atoms with van der Waals surface area (Å²) in [5, 5.41) is 12.0. The van der Waals surface area contributed by atoms with E-state index in [1.54, 1.807) is 22.8 Å².